The first-order valence-corrected chi connectivity index (χ1v) is 9.02. The van der Waals surface area contributed by atoms with Crippen molar-refractivity contribution in [3.8, 4) is 0 Å². The van der Waals surface area contributed by atoms with Crippen molar-refractivity contribution in [2.24, 2.45) is 11.8 Å². The highest BCUT2D eigenvalue weighted by Gasteiger charge is 2.45. The Morgan fingerprint density at radius 2 is 1.78 bits per heavy atom. The lowest BCUT2D eigenvalue weighted by atomic mass is 9.98. The Morgan fingerprint density at radius 3 is 2.35 bits per heavy atom. The molecule has 2 aliphatic rings. The molecule has 0 amide bonds. The molecule has 23 heavy (non-hydrogen) atoms. The van der Waals surface area contributed by atoms with E-state index in [9.17, 15) is 21.6 Å². The molecular weight excluding hydrogens is 329 g/mol. The van der Waals surface area contributed by atoms with Crippen molar-refractivity contribution in [2.75, 3.05) is 20.1 Å². The number of hydrogen-bond acceptors (Lipinski definition) is 3. The summed E-state index contributed by atoms with van der Waals surface area (Å²) in [7, 11) is -1.86. The Balaban J connectivity index is 1.80. The molecular formula is C15H19F3N2O2S. The van der Waals surface area contributed by atoms with Crippen molar-refractivity contribution in [2.45, 2.75) is 30.0 Å². The number of nitrogens with one attached hydrogen (secondary N) is 1. The minimum atomic E-state index is -4.47. The Bertz CT molecular complexity index is 673. The van der Waals surface area contributed by atoms with Crippen LogP contribution in [0.15, 0.2) is 29.2 Å². The van der Waals surface area contributed by atoms with E-state index in [0.717, 1.165) is 37.1 Å². The van der Waals surface area contributed by atoms with Gasteiger partial charge in [-0.15, -0.1) is 0 Å². The number of nitrogens with zero attached hydrogens (tertiary/aromatic N) is 1. The Kier molecular flexibility index (Phi) is 4.18. The van der Waals surface area contributed by atoms with Crippen molar-refractivity contribution >= 4 is 10.0 Å². The molecule has 0 spiro atoms. The molecule has 1 saturated heterocycles. The molecule has 0 radical (unpaired) electrons. The molecule has 3 atom stereocenters. The maximum atomic E-state index is 12.6. The summed E-state index contributed by atoms with van der Waals surface area (Å²) in [5.74, 6) is 0.612. The van der Waals surface area contributed by atoms with E-state index in [4.69, 9.17) is 0 Å². The third kappa shape index (κ3) is 2.99. The van der Waals surface area contributed by atoms with E-state index in [1.807, 2.05) is 7.05 Å². The lowest BCUT2D eigenvalue weighted by molar-refractivity contribution is -0.137. The zero-order valence-electron chi connectivity index (χ0n) is 12.7. The van der Waals surface area contributed by atoms with Gasteiger partial charge in [-0.05, 0) is 56.0 Å². The first-order valence-electron chi connectivity index (χ1n) is 7.58. The molecule has 3 unspecified atom stereocenters. The topological polar surface area (TPSA) is 49.4 Å². The third-order valence-electron chi connectivity index (χ3n) is 5.01. The van der Waals surface area contributed by atoms with Crippen LogP contribution in [0.1, 0.15) is 18.4 Å². The summed E-state index contributed by atoms with van der Waals surface area (Å²) in [6.07, 6.45) is -2.44. The second-order valence-corrected chi connectivity index (χ2v) is 8.18. The summed E-state index contributed by atoms with van der Waals surface area (Å²) < 4.78 is 64.5. The third-order valence-corrected chi connectivity index (χ3v) is 6.86. The number of alkyl halides is 3. The highest BCUT2D eigenvalue weighted by Crippen LogP contribution is 2.40. The van der Waals surface area contributed by atoms with Crippen LogP contribution in [0.3, 0.4) is 0 Å². The first kappa shape index (κ1) is 16.7. The number of benzene rings is 1. The molecule has 1 aromatic rings. The van der Waals surface area contributed by atoms with E-state index in [1.54, 1.807) is 0 Å². The van der Waals surface area contributed by atoms with Crippen LogP contribution in [0.4, 0.5) is 13.2 Å². The molecule has 0 aromatic heterocycles. The number of sulfonamides is 1. The molecule has 128 valence electrons. The SMILES string of the molecule is CNC1CCC2CN(S(=O)(=O)c3ccc(C(F)(F)F)cc3)CC21. The predicted molar refractivity (Wildman–Crippen MR) is 79.3 cm³/mol. The normalized spacial score (nSPS) is 29.0. The number of halogens is 3. The van der Waals surface area contributed by atoms with Gasteiger partial charge in [-0.3, -0.25) is 0 Å². The average Bonchev–Trinajstić information content (AvgIpc) is 3.06. The fraction of sp³-hybridized carbons (Fsp3) is 0.600. The van der Waals surface area contributed by atoms with Gasteiger partial charge in [0, 0.05) is 19.1 Å². The predicted octanol–water partition coefficient (Wildman–Crippen LogP) is 2.32. The van der Waals surface area contributed by atoms with Gasteiger partial charge in [0.25, 0.3) is 0 Å². The van der Waals surface area contributed by atoms with Crippen LogP contribution in [0.2, 0.25) is 0 Å². The van der Waals surface area contributed by atoms with Gasteiger partial charge in [-0.2, -0.15) is 17.5 Å². The van der Waals surface area contributed by atoms with Gasteiger partial charge in [-0.1, -0.05) is 0 Å². The Morgan fingerprint density at radius 1 is 1.13 bits per heavy atom. The first-order chi connectivity index (χ1) is 10.7. The van der Waals surface area contributed by atoms with Gasteiger partial charge in [-0.25, -0.2) is 8.42 Å². The van der Waals surface area contributed by atoms with Crippen molar-refractivity contribution in [3.63, 3.8) is 0 Å². The Hall–Kier alpha value is -1.12. The summed E-state index contributed by atoms with van der Waals surface area (Å²) in [6.45, 7) is 0.881. The highest BCUT2D eigenvalue weighted by molar-refractivity contribution is 7.89. The molecule has 1 saturated carbocycles. The summed E-state index contributed by atoms with van der Waals surface area (Å²) in [6, 6.07) is 4.04. The van der Waals surface area contributed by atoms with E-state index in [2.05, 4.69) is 5.32 Å². The molecule has 1 heterocycles. The molecule has 1 aliphatic carbocycles. The van der Waals surface area contributed by atoms with Gasteiger partial charge in [0.15, 0.2) is 0 Å². The van der Waals surface area contributed by atoms with Gasteiger partial charge in [0.2, 0.25) is 10.0 Å². The standard InChI is InChI=1S/C15H19F3N2O2S/c1-19-14-7-2-10-8-20(9-13(10)14)23(21,22)12-5-3-11(4-6-12)15(16,17)18/h3-6,10,13-14,19H,2,7-9H2,1H3. The monoisotopic (exact) mass is 348 g/mol. The van der Waals surface area contributed by atoms with E-state index >= 15 is 0 Å². The van der Waals surface area contributed by atoms with Crippen molar-refractivity contribution in [1.29, 1.82) is 0 Å². The van der Waals surface area contributed by atoms with E-state index in [-0.39, 0.29) is 10.8 Å². The number of rotatable bonds is 3. The molecule has 0 bridgehead atoms. The summed E-state index contributed by atoms with van der Waals surface area (Å²) in [4.78, 5) is -0.0773. The fourth-order valence-electron chi connectivity index (χ4n) is 3.74. The van der Waals surface area contributed by atoms with Crippen molar-refractivity contribution in [3.05, 3.63) is 29.8 Å². The van der Waals surface area contributed by atoms with Gasteiger partial charge >= 0.3 is 6.18 Å². The average molecular weight is 348 g/mol. The second kappa shape index (κ2) is 5.75. The molecule has 8 heteroatoms. The quantitative estimate of drug-likeness (QED) is 0.912. The van der Waals surface area contributed by atoms with Crippen LogP contribution < -0.4 is 5.32 Å². The fourth-order valence-corrected chi connectivity index (χ4v) is 5.28. The molecule has 1 N–H and O–H groups in total. The van der Waals surface area contributed by atoms with Crippen LogP contribution in [0.25, 0.3) is 0 Å². The molecule has 1 aromatic carbocycles. The van der Waals surface area contributed by atoms with Crippen LogP contribution in [0, 0.1) is 11.8 Å². The van der Waals surface area contributed by atoms with Crippen LogP contribution in [0.5, 0.6) is 0 Å². The minimum absolute atomic E-state index is 0.0773. The zero-order chi connectivity index (χ0) is 16.8. The summed E-state index contributed by atoms with van der Waals surface area (Å²) in [5, 5.41) is 3.22. The van der Waals surface area contributed by atoms with Crippen LogP contribution in [-0.4, -0.2) is 38.9 Å². The van der Waals surface area contributed by atoms with Crippen LogP contribution in [-0.2, 0) is 16.2 Å². The molecule has 4 nitrogen and oxygen atoms in total. The second-order valence-electron chi connectivity index (χ2n) is 6.24. The highest BCUT2D eigenvalue weighted by atomic mass is 32.2. The minimum Gasteiger partial charge on any atom is -0.317 e. The number of hydrogen-bond donors (Lipinski definition) is 1. The summed E-state index contributed by atoms with van der Waals surface area (Å²) in [5.41, 5.74) is -0.843. The number of fused-ring (bicyclic) bond motifs is 1. The van der Waals surface area contributed by atoms with E-state index in [1.165, 1.54) is 4.31 Å². The van der Waals surface area contributed by atoms with E-state index in [0.29, 0.717) is 25.0 Å². The maximum Gasteiger partial charge on any atom is 0.416 e. The lowest BCUT2D eigenvalue weighted by Crippen LogP contribution is -2.35. The Labute approximate surface area is 133 Å². The van der Waals surface area contributed by atoms with Crippen molar-refractivity contribution < 1.29 is 21.6 Å². The molecule has 1 aliphatic heterocycles. The summed E-state index contributed by atoms with van der Waals surface area (Å²) >= 11 is 0. The van der Waals surface area contributed by atoms with Crippen LogP contribution >= 0.6 is 0 Å². The van der Waals surface area contributed by atoms with E-state index < -0.39 is 21.8 Å². The van der Waals surface area contributed by atoms with Gasteiger partial charge in [0.05, 0.1) is 10.5 Å². The molecule has 2 fully saturated rings. The van der Waals surface area contributed by atoms with Gasteiger partial charge < -0.3 is 5.32 Å². The largest absolute Gasteiger partial charge is 0.416 e. The zero-order valence-corrected chi connectivity index (χ0v) is 13.5. The van der Waals surface area contributed by atoms with Gasteiger partial charge in [0.1, 0.15) is 0 Å². The maximum absolute atomic E-state index is 12.6. The van der Waals surface area contributed by atoms with Crippen molar-refractivity contribution in [1.82, 2.24) is 9.62 Å². The smallest absolute Gasteiger partial charge is 0.317 e. The lowest BCUT2D eigenvalue weighted by Gasteiger charge is -2.20. The molecule has 3 rings (SSSR count).